The first kappa shape index (κ1) is 14.8. The van der Waals surface area contributed by atoms with Crippen molar-refractivity contribution in [3.8, 4) is 0 Å². The highest BCUT2D eigenvalue weighted by molar-refractivity contribution is 6.38. The number of nitrogens with one attached hydrogen (secondary N) is 1. The van der Waals surface area contributed by atoms with E-state index in [1.807, 2.05) is 0 Å². The molecular formula is C12H14Cl2N2O2. The first-order valence-corrected chi connectivity index (χ1v) is 6.39. The normalized spacial score (nSPS) is 11.2. The van der Waals surface area contributed by atoms with E-state index in [0.29, 0.717) is 23.9 Å². The molecule has 0 spiro atoms. The molecule has 6 heteroatoms. The summed E-state index contributed by atoms with van der Waals surface area (Å²) in [5.74, 6) is -0.153. The van der Waals surface area contributed by atoms with Gasteiger partial charge in [-0.1, -0.05) is 11.6 Å². The molecule has 0 saturated heterocycles. The first-order valence-electron chi connectivity index (χ1n) is 5.48. The van der Waals surface area contributed by atoms with Crippen molar-refractivity contribution in [3.63, 3.8) is 0 Å². The zero-order chi connectivity index (χ0) is 13.4. The lowest BCUT2D eigenvalue weighted by molar-refractivity contribution is -0.135. The number of esters is 1. The van der Waals surface area contributed by atoms with Crippen LogP contribution < -0.4 is 5.43 Å². The van der Waals surface area contributed by atoms with Crippen molar-refractivity contribution in [2.24, 2.45) is 5.10 Å². The van der Waals surface area contributed by atoms with Crippen molar-refractivity contribution < 1.29 is 9.53 Å². The molecule has 0 aliphatic carbocycles. The highest BCUT2D eigenvalue weighted by atomic mass is 35.5. The second-order valence-corrected chi connectivity index (χ2v) is 4.15. The molecule has 0 atom stereocenters. The lowest BCUT2D eigenvalue weighted by Crippen LogP contribution is -2.19. The third-order valence-corrected chi connectivity index (χ3v) is 2.45. The van der Waals surface area contributed by atoms with Gasteiger partial charge in [0, 0.05) is 17.3 Å². The number of hydrogen-bond acceptors (Lipinski definition) is 4. The molecule has 1 N–H and O–H groups in total. The molecule has 98 valence electrons. The van der Waals surface area contributed by atoms with Crippen LogP contribution in [0.2, 0.25) is 5.02 Å². The highest BCUT2D eigenvalue weighted by Crippen LogP contribution is 2.13. The fraction of sp³-hybridized carbons (Fsp3) is 0.333. The maximum atomic E-state index is 11.5. The summed E-state index contributed by atoms with van der Waals surface area (Å²) in [5, 5.41) is 4.63. The van der Waals surface area contributed by atoms with E-state index >= 15 is 0 Å². The smallest absolute Gasteiger partial charge is 0.354 e. The Hall–Kier alpha value is -1.26. The monoisotopic (exact) mass is 288 g/mol. The summed E-state index contributed by atoms with van der Waals surface area (Å²) in [4.78, 5) is 11.5. The minimum atomic E-state index is -0.459. The van der Waals surface area contributed by atoms with Crippen molar-refractivity contribution in [2.75, 3.05) is 17.9 Å². The summed E-state index contributed by atoms with van der Waals surface area (Å²) in [7, 11) is 0. The van der Waals surface area contributed by atoms with Crippen molar-refractivity contribution in [1.82, 2.24) is 0 Å². The molecule has 0 amide bonds. The maximum absolute atomic E-state index is 11.5. The Morgan fingerprint density at radius 3 is 2.61 bits per heavy atom. The number of carbonyl (C=O) groups is 1. The van der Waals surface area contributed by atoms with Crippen LogP contribution in [0.3, 0.4) is 0 Å². The van der Waals surface area contributed by atoms with Crippen LogP contribution in [-0.2, 0) is 9.53 Å². The molecule has 0 heterocycles. The van der Waals surface area contributed by atoms with E-state index in [1.54, 1.807) is 31.2 Å². The lowest BCUT2D eigenvalue weighted by Gasteiger charge is -2.05. The van der Waals surface area contributed by atoms with E-state index in [4.69, 9.17) is 27.9 Å². The number of alkyl halides is 1. The Balaban J connectivity index is 2.70. The molecule has 1 aromatic rings. The van der Waals surface area contributed by atoms with Gasteiger partial charge in [0.25, 0.3) is 0 Å². The summed E-state index contributed by atoms with van der Waals surface area (Å²) >= 11 is 11.4. The minimum absolute atomic E-state index is 0.266. The largest absolute Gasteiger partial charge is 0.461 e. The molecule has 0 bridgehead atoms. The summed E-state index contributed by atoms with van der Waals surface area (Å²) in [6, 6.07) is 6.97. The van der Waals surface area contributed by atoms with E-state index in [-0.39, 0.29) is 5.71 Å². The molecule has 4 nitrogen and oxygen atoms in total. The number of benzene rings is 1. The third-order valence-electron chi connectivity index (χ3n) is 2.01. The fourth-order valence-electron chi connectivity index (χ4n) is 1.16. The summed E-state index contributed by atoms with van der Waals surface area (Å²) in [6.07, 6.45) is 0.348. The summed E-state index contributed by atoms with van der Waals surface area (Å²) in [6.45, 7) is 2.05. The van der Waals surface area contributed by atoms with Crippen molar-refractivity contribution in [3.05, 3.63) is 29.3 Å². The Bertz CT molecular complexity index is 419. The van der Waals surface area contributed by atoms with Crippen LogP contribution in [0.1, 0.15) is 13.3 Å². The van der Waals surface area contributed by atoms with E-state index in [9.17, 15) is 4.79 Å². The zero-order valence-electron chi connectivity index (χ0n) is 9.95. The van der Waals surface area contributed by atoms with Gasteiger partial charge in [-0.15, -0.1) is 11.6 Å². The van der Waals surface area contributed by atoms with Gasteiger partial charge in [-0.25, -0.2) is 4.79 Å². The molecule has 0 aliphatic heterocycles. The van der Waals surface area contributed by atoms with Gasteiger partial charge < -0.3 is 4.74 Å². The van der Waals surface area contributed by atoms with Crippen LogP contribution in [0, 0.1) is 0 Å². The third kappa shape index (κ3) is 4.94. The van der Waals surface area contributed by atoms with Gasteiger partial charge in [-0.2, -0.15) is 5.10 Å². The average Bonchev–Trinajstić information content (AvgIpc) is 2.36. The molecule has 0 aliphatic rings. The van der Waals surface area contributed by atoms with Gasteiger partial charge in [0.15, 0.2) is 0 Å². The van der Waals surface area contributed by atoms with Crippen molar-refractivity contribution in [2.45, 2.75) is 13.3 Å². The second kappa shape index (κ2) is 7.95. The Morgan fingerprint density at radius 2 is 2.06 bits per heavy atom. The number of rotatable bonds is 6. The molecule has 0 unspecified atom stereocenters. The molecule has 0 saturated carbocycles. The van der Waals surface area contributed by atoms with Gasteiger partial charge in [0.05, 0.1) is 12.3 Å². The number of carbonyl (C=O) groups excluding carboxylic acids is 1. The average molecular weight is 289 g/mol. The van der Waals surface area contributed by atoms with Gasteiger partial charge in [0.2, 0.25) is 0 Å². The number of hydrogen-bond donors (Lipinski definition) is 1. The first-order chi connectivity index (χ1) is 8.67. The van der Waals surface area contributed by atoms with Crippen molar-refractivity contribution >= 4 is 40.6 Å². The maximum Gasteiger partial charge on any atom is 0.354 e. The molecule has 1 aromatic carbocycles. The van der Waals surface area contributed by atoms with Crippen molar-refractivity contribution in [1.29, 1.82) is 0 Å². The predicted molar refractivity (Wildman–Crippen MR) is 74.5 cm³/mol. The highest BCUT2D eigenvalue weighted by Gasteiger charge is 2.11. The van der Waals surface area contributed by atoms with Gasteiger partial charge >= 0.3 is 5.97 Å². The SMILES string of the molecule is CCOC(=O)/C(CCCl)=N/Nc1ccc(Cl)cc1. The molecular weight excluding hydrogens is 275 g/mol. The van der Waals surface area contributed by atoms with E-state index in [0.717, 1.165) is 5.69 Å². The van der Waals surface area contributed by atoms with Crippen LogP contribution in [-0.4, -0.2) is 24.2 Å². The van der Waals surface area contributed by atoms with Gasteiger partial charge in [0.1, 0.15) is 5.71 Å². The lowest BCUT2D eigenvalue weighted by atomic mass is 10.3. The van der Waals surface area contributed by atoms with E-state index in [2.05, 4.69) is 10.5 Å². The Labute approximate surface area is 116 Å². The number of nitrogens with zero attached hydrogens (tertiary/aromatic N) is 1. The molecule has 1 rings (SSSR count). The Kier molecular flexibility index (Phi) is 6.54. The minimum Gasteiger partial charge on any atom is -0.461 e. The van der Waals surface area contributed by atoms with Crippen LogP contribution in [0.4, 0.5) is 5.69 Å². The molecule has 0 radical (unpaired) electrons. The van der Waals surface area contributed by atoms with Crippen LogP contribution in [0.5, 0.6) is 0 Å². The predicted octanol–water partition coefficient (Wildman–Crippen LogP) is 3.30. The Morgan fingerprint density at radius 1 is 1.39 bits per heavy atom. The zero-order valence-corrected chi connectivity index (χ0v) is 11.5. The summed E-state index contributed by atoms with van der Waals surface area (Å²) in [5.41, 5.74) is 3.76. The van der Waals surface area contributed by atoms with Crippen LogP contribution in [0.25, 0.3) is 0 Å². The van der Waals surface area contributed by atoms with Gasteiger partial charge in [-0.3, -0.25) is 5.43 Å². The quantitative estimate of drug-likeness (QED) is 0.378. The topological polar surface area (TPSA) is 50.7 Å². The van der Waals surface area contributed by atoms with E-state index < -0.39 is 5.97 Å². The number of ether oxygens (including phenoxy) is 1. The number of halogens is 2. The number of anilines is 1. The van der Waals surface area contributed by atoms with Crippen LogP contribution >= 0.6 is 23.2 Å². The molecule has 0 aromatic heterocycles. The van der Waals surface area contributed by atoms with Gasteiger partial charge in [-0.05, 0) is 31.2 Å². The standard InChI is InChI=1S/C12H14Cl2N2O2/c1-2-18-12(17)11(7-8-13)16-15-10-5-3-9(14)4-6-10/h3-6,15H,2,7-8H2,1H3/b16-11+. The summed E-state index contributed by atoms with van der Waals surface area (Å²) < 4.78 is 4.87. The van der Waals surface area contributed by atoms with E-state index in [1.165, 1.54) is 0 Å². The number of hydrazone groups is 1. The fourth-order valence-corrected chi connectivity index (χ4v) is 1.47. The molecule has 18 heavy (non-hydrogen) atoms. The van der Waals surface area contributed by atoms with Crippen LogP contribution in [0.15, 0.2) is 29.4 Å². The molecule has 0 fully saturated rings. The second-order valence-electron chi connectivity index (χ2n) is 3.34.